The van der Waals surface area contributed by atoms with Crippen LogP contribution in [0.25, 0.3) is 0 Å². The lowest BCUT2D eigenvalue weighted by Crippen LogP contribution is -2.43. The number of primary amides is 1. The van der Waals surface area contributed by atoms with E-state index in [1.807, 2.05) is 13.0 Å². The van der Waals surface area contributed by atoms with Gasteiger partial charge in [-0.2, -0.15) is 0 Å². The smallest absolute Gasteiger partial charge is 0.262 e. The number of nitrogens with one attached hydrogen (secondary N) is 1. The summed E-state index contributed by atoms with van der Waals surface area (Å²) in [7, 11) is 0. The number of hydrogen-bond acceptors (Lipinski definition) is 3. The number of aryl methyl sites for hydroxylation is 1. The monoisotopic (exact) mass is 236 g/mol. The molecule has 16 heavy (non-hydrogen) atoms. The van der Waals surface area contributed by atoms with E-state index >= 15 is 0 Å². The Balaban J connectivity index is 2.69. The van der Waals surface area contributed by atoms with Crippen molar-refractivity contribution in [3.8, 4) is 12.3 Å². The number of thiophene rings is 1. The fourth-order valence-electron chi connectivity index (χ4n) is 1.13. The molecule has 0 aromatic carbocycles. The molecule has 0 aliphatic carbocycles. The van der Waals surface area contributed by atoms with E-state index < -0.39 is 11.9 Å². The van der Waals surface area contributed by atoms with Crippen LogP contribution in [0.2, 0.25) is 0 Å². The maximum absolute atomic E-state index is 11.7. The van der Waals surface area contributed by atoms with Crippen molar-refractivity contribution < 1.29 is 9.59 Å². The maximum Gasteiger partial charge on any atom is 0.262 e. The molecule has 4 nitrogen and oxygen atoms in total. The molecule has 3 N–H and O–H groups in total. The van der Waals surface area contributed by atoms with Crippen molar-refractivity contribution >= 4 is 23.2 Å². The second-order valence-corrected chi connectivity index (χ2v) is 4.53. The molecule has 84 valence electrons. The van der Waals surface area contributed by atoms with Crippen LogP contribution < -0.4 is 11.1 Å². The summed E-state index contributed by atoms with van der Waals surface area (Å²) in [5.74, 6) is 1.35. The molecule has 5 heteroatoms. The molecule has 0 saturated heterocycles. The van der Waals surface area contributed by atoms with Gasteiger partial charge >= 0.3 is 0 Å². The summed E-state index contributed by atoms with van der Waals surface area (Å²) in [5, 5.41) is 2.50. The van der Waals surface area contributed by atoms with Gasteiger partial charge in [0, 0.05) is 11.3 Å². The number of amides is 2. The molecule has 1 atom stereocenters. The molecular formula is C11H12N2O2S. The summed E-state index contributed by atoms with van der Waals surface area (Å²) in [4.78, 5) is 24.2. The van der Waals surface area contributed by atoms with Crippen LogP contribution in [0.3, 0.4) is 0 Å². The van der Waals surface area contributed by atoms with Crippen molar-refractivity contribution in [2.24, 2.45) is 5.73 Å². The molecule has 1 aromatic rings. The third-order valence-electron chi connectivity index (χ3n) is 1.93. The molecule has 0 bridgehead atoms. The molecule has 0 saturated carbocycles. The van der Waals surface area contributed by atoms with Gasteiger partial charge in [-0.15, -0.1) is 23.7 Å². The van der Waals surface area contributed by atoms with Gasteiger partial charge in [-0.3, -0.25) is 9.59 Å². The summed E-state index contributed by atoms with van der Waals surface area (Å²) in [6.45, 7) is 1.90. The third kappa shape index (κ3) is 3.11. The summed E-state index contributed by atoms with van der Waals surface area (Å²) >= 11 is 1.35. The molecule has 2 amide bonds. The Labute approximate surface area is 97.8 Å². The summed E-state index contributed by atoms with van der Waals surface area (Å²) < 4.78 is 0. The highest BCUT2D eigenvalue weighted by atomic mass is 32.1. The molecule has 0 spiro atoms. The number of carbonyl (C=O) groups excluding carboxylic acids is 2. The average molecular weight is 236 g/mol. The van der Waals surface area contributed by atoms with Crippen LogP contribution in [0, 0.1) is 19.3 Å². The van der Waals surface area contributed by atoms with Crippen LogP contribution >= 0.6 is 11.3 Å². The lowest BCUT2D eigenvalue weighted by atomic mass is 10.2. The Morgan fingerprint density at radius 1 is 1.62 bits per heavy atom. The minimum atomic E-state index is -0.806. The largest absolute Gasteiger partial charge is 0.368 e. The van der Waals surface area contributed by atoms with E-state index in [9.17, 15) is 9.59 Å². The topological polar surface area (TPSA) is 72.2 Å². The first-order valence-electron chi connectivity index (χ1n) is 4.64. The van der Waals surface area contributed by atoms with E-state index in [4.69, 9.17) is 12.2 Å². The number of carbonyl (C=O) groups is 2. The zero-order valence-corrected chi connectivity index (χ0v) is 9.64. The second-order valence-electron chi connectivity index (χ2n) is 3.25. The highest BCUT2D eigenvalue weighted by Crippen LogP contribution is 2.14. The quantitative estimate of drug-likeness (QED) is 0.754. The fraction of sp³-hybridized carbons (Fsp3) is 0.273. The van der Waals surface area contributed by atoms with Gasteiger partial charge in [0.1, 0.15) is 6.04 Å². The van der Waals surface area contributed by atoms with Crippen LogP contribution in [0.1, 0.15) is 21.0 Å². The third-order valence-corrected chi connectivity index (χ3v) is 2.93. The molecule has 1 aromatic heterocycles. The van der Waals surface area contributed by atoms with Crippen molar-refractivity contribution in [3.63, 3.8) is 0 Å². The van der Waals surface area contributed by atoms with Crippen LogP contribution in [0.15, 0.2) is 12.1 Å². The minimum absolute atomic E-state index is 0.103. The zero-order valence-electron chi connectivity index (χ0n) is 8.82. The number of rotatable bonds is 4. The standard InChI is InChI=1S/C11H12N2O2S/c1-3-4-8(10(12)14)13-11(15)9-6-5-7(2)16-9/h1,5-6,8H,4H2,2H3,(H2,12,14)(H,13,15)/t8-/m1/s1. The van der Waals surface area contributed by atoms with Crippen molar-refractivity contribution in [3.05, 3.63) is 21.9 Å². The minimum Gasteiger partial charge on any atom is -0.368 e. The molecule has 1 heterocycles. The van der Waals surface area contributed by atoms with Crippen LogP contribution in [-0.4, -0.2) is 17.9 Å². The van der Waals surface area contributed by atoms with Crippen molar-refractivity contribution in [1.29, 1.82) is 0 Å². The molecule has 0 aliphatic rings. The van der Waals surface area contributed by atoms with Gasteiger partial charge in [0.2, 0.25) is 5.91 Å². The normalized spacial score (nSPS) is 11.5. The van der Waals surface area contributed by atoms with Crippen LogP contribution in [-0.2, 0) is 4.79 Å². The summed E-state index contributed by atoms with van der Waals surface area (Å²) in [6.07, 6.45) is 5.18. The van der Waals surface area contributed by atoms with Crippen molar-refractivity contribution in [2.45, 2.75) is 19.4 Å². The van der Waals surface area contributed by atoms with Gasteiger partial charge in [-0.25, -0.2) is 0 Å². The predicted molar refractivity (Wildman–Crippen MR) is 63.0 cm³/mol. The lowest BCUT2D eigenvalue weighted by molar-refractivity contribution is -0.119. The first-order valence-corrected chi connectivity index (χ1v) is 5.46. The van der Waals surface area contributed by atoms with Gasteiger partial charge in [0.25, 0.3) is 5.91 Å². The highest BCUT2D eigenvalue weighted by molar-refractivity contribution is 7.13. The van der Waals surface area contributed by atoms with E-state index in [1.165, 1.54) is 11.3 Å². The Bertz CT molecular complexity index is 445. The Morgan fingerprint density at radius 3 is 2.75 bits per heavy atom. The van der Waals surface area contributed by atoms with Crippen LogP contribution in [0.4, 0.5) is 0 Å². The second kappa shape index (κ2) is 5.33. The van der Waals surface area contributed by atoms with E-state index in [-0.39, 0.29) is 12.3 Å². The summed E-state index contributed by atoms with van der Waals surface area (Å²) in [6, 6.07) is 2.73. The van der Waals surface area contributed by atoms with E-state index in [0.717, 1.165) is 4.88 Å². The molecule has 0 fully saturated rings. The predicted octanol–water partition coefficient (Wildman–Crippen LogP) is 0.664. The molecule has 0 unspecified atom stereocenters. The maximum atomic E-state index is 11.7. The average Bonchev–Trinajstić information content (AvgIpc) is 2.64. The highest BCUT2D eigenvalue weighted by Gasteiger charge is 2.18. The summed E-state index contributed by atoms with van der Waals surface area (Å²) in [5.41, 5.74) is 5.11. The van der Waals surface area contributed by atoms with Crippen LogP contribution in [0.5, 0.6) is 0 Å². The van der Waals surface area contributed by atoms with E-state index in [0.29, 0.717) is 4.88 Å². The van der Waals surface area contributed by atoms with Crippen molar-refractivity contribution in [2.75, 3.05) is 0 Å². The van der Waals surface area contributed by atoms with Gasteiger partial charge < -0.3 is 11.1 Å². The molecule has 1 rings (SSSR count). The van der Waals surface area contributed by atoms with Crippen molar-refractivity contribution in [1.82, 2.24) is 5.32 Å². The Hall–Kier alpha value is -1.80. The van der Waals surface area contributed by atoms with Gasteiger partial charge in [-0.05, 0) is 19.1 Å². The van der Waals surface area contributed by atoms with Gasteiger partial charge in [0.05, 0.1) is 4.88 Å². The molecular weight excluding hydrogens is 224 g/mol. The first kappa shape index (κ1) is 12.3. The molecule has 0 aliphatic heterocycles. The Morgan fingerprint density at radius 2 is 2.31 bits per heavy atom. The zero-order chi connectivity index (χ0) is 12.1. The first-order chi connectivity index (χ1) is 7.54. The van der Waals surface area contributed by atoms with E-state index in [1.54, 1.807) is 6.07 Å². The number of nitrogens with two attached hydrogens (primary N) is 1. The van der Waals surface area contributed by atoms with Gasteiger partial charge in [0.15, 0.2) is 0 Å². The lowest BCUT2D eigenvalue weighted by Gasteiger charge is -2.11. The number of terminal acetylenes is 1. The number of hydrogen-bond donors (Lipinski definition) is 2. The van der Waals surface area contributed by atoms with E-state index in [2.05, 4.69) is 11.2 Å². The van der Waals surface area contributed by atoms with Gasteiger partial charge in [-0.1, -0.05) is 0 Å². The SMILES string of the molecule is C#CC[C@@H](NC(=O)c1ccc(C)s1)C(N)=O. The molecule has 0 radical (unpaired) electrons. The Kier molecular flexibility index (Phi) is 4.09. The fourth-order valence-corrected chi connectivity index (χ4v) is 1.90.